The summed E-state index contributed by atoms with van der Waals surface area (Å²) in [5, 5.41) is 0. The van der Waals surface area contributed by atoms with Crippen molar-refractivity contribution in [2.75, 3.05) is 12.3 Å². The third-order valence-corrected chi connectivity index (χ3v) is 6.50. The number of rotatable bonds is 11. The third-order valence-electron chi connectivity index (χ3n) is 6.50. The summed E-state index contributed by atoms with van der Waals surface area (Å²) in [4.78, 5) is 12.9. The van der Waals surface area contributed by atoms with Gasteiger partial charge in [0.15, 0.2) is 6.23 Å². The molecule has 0 aliphatic carbocycles. The summed E-state index contributed by atoms with van der Waals surface area (Å²) in [5.74, 6) is 0. The fourth-order valence-electron chi connectivity index (χ4n) is 4.56. The van der Waals surface area contributed by atoms with E-state index >= 15 is 0 Å². The minimum atomic E-state index is -0.710. The molecule has 2 N–H and O–H groups in total. The second-order valence-corrected chi connectivity index (χ2v) is 9.29. The zero-order valence-electron chi connectivity index (χ0n) is 21.1. The molecule has 7 nitrogen and oxygen atoms in total. The predicted molar refractivity (Wildman–Crippen MR) is 145 cm³/mol. The Labute approximate surface area is 222 Å². The molecule has 0 spiro atoms. The number of nitrogens with zero attached hydrogens (tertiary/aromatic N) is 1. The Hall–Kier alpha value is -3.75. The molecule has 1 aromatic heterocycles. The topological polar surface area (TPSA) is 84.9 Å². The van der Waals surface area contributed by atoms with Crippen LogP contribution in [0.1, 0.15) is 22.9 Å². The average Bonchev–Trinajstić information content (AvgIpc) is 3.29. The highest BCUT2D eigenvalue weighted by atomic mass is 16.6. The molecule has 1 saturated heterocycles. The summed E-state index contributed by atoms with van der Waals surface area (Å²) < 4.78 is 26.9. The van der Waals surface area contributed by atoms with Crippen LogP contribution in [0.15, 0.2) is 114 Å². The standard InChI is InChI=1S/C31H32N2O5/c32-26-16-17-33(28(34)18-26)31-30(37-21-25-14-8-3-9-15-25)29(36-20-24-12-6-2-7-13-24)27(38-31)22-35-19-23-10-4-1-5-11-23/h1-18,27,29-31H,19-22,32H2/t27-,29-,30-,31-/m1/s1. The maximum Gasteiger partial charge on any atom is 0.254 e. The molecule has 1 aliphatic rings. The number of ether oxygens (including phenoxy) is 4. The van der Waals surface area contributed by atoms with Crippen molar-refractivity contribution in [2.45, 2.75) is 44.4 Å². The molecule has 4 aromatic rings. The van der Waals surface area contributed by atoms with Crippen LogP contribution in [0.25, 0.3) is 0 Å². The van der Waals surface area contributed by atoms with Gasteiger partial charge >= 0.3 is 0 Å². The fraction of sp³-hybridized carbons (Fsp3) is 0.258. The lowest BCUT2D eigenvalue weighted by atomic mass is 10.1. The maximum atomic E-state index is 12.9. The number of hydrogen-bond acceptors (Lipinski definition) is 6. The van der Waals surface area contributed by atoms with Crippen molar-refractivity contribution in [3.63, 3.8) is 0 Å². The van der Waals surface area contributed by atoms with Crippen LogP contribution >= 0.6 is 0 Å². The monoisotopic (exact) mass is 512 g/mol. The summed E-state index contributed by atoms with van der Waals surface area (Å²) in [6.07, 6.45) is -0.576. The molecule has 5 rings (SSSR count). The molecule has 0 unspecified atom stereocenters. The lowest BCUT2D eigenvalue weighted by Crippen LogP contribution is -2.39. The molecule has 196 valence electrons. The SMILES string of the molecule is Nc1ccn([C@@H]2O[C@H](COCc3ccccc3)[C@@H](OCc3ccccc3)[C@H]2OCc2ccccc2)c(=O)c1. The van der Waals surface area contributed by atoms with Gasteiger partial charge in [-0.05, 0) is 22.8 Å². The average molecular weight is 513 g/mol. The molecule has 0 radical (unpaired) electrons. The summed E-state index contributed by atoms with van der Waals surface area (Å²) in [6.45, 7) is 1.43. The number of anilines is 1. The van der Waals surface area contributed by atoms with Gasteiger partial charge in [-0.25, -0.2) is 0 Å². The number of hydrogen-bond donors (Lipinski definition) is 1. The Morgan fingerprint density at radius 3 is 1.79 bits per heavy atom. The Morgan fingerprint density at radius 2 is 1.24 bits per heavy atom. The van der Waals surface area contributed by atoms with Crippen LogP contribution in [0.3, 0.4) is 0 Å². The Bertz CT molecular complexity index is 1330. The van der Waals surface area contributed by atoms with Gasteiger partial charge in [0, 0.05) is 18.0 Å². The zero-order chi connectivity index (χ0) is 26.2. The number of aromatic nitrogens is 1. The van der Waals surface area contributed by atoms with Crippen molar-refractivity contribution in [1.29, 1.82) is 0 Å². The molecule has 0 bridgehead atoms. The van der Waals surface area contributed by atoms with Crippen molar-refractivity contribution < 1.29 is 18.9 Å². The van der Waals surface area contributed by atoms with Crippen molar-refractivity contribution >= 4 is 5.69 Å². The van der Waals surface area contributed by atoms with E-state index in [2.05, 4.69) is 0 Å². The Kier molecular flexibility index (Phi) is 8.63. The van der Waals surface area contributed by atoms with Gasteiger partial charge in [0.05, 0.1) is 26.4 Å². The van der Waals surface area contributed by atoms with E-state index in [1.165, 1.54) is 10.6 Å². The van der Waals surface area contributed by atoms with E-state index in [9.17, 15) is 4.79 Å². The summed E-state index contributed by atoms with van der Waals surface area (Å²) in [6, 6.07) is 32.9. The zero-order valence-corrected chi connectivity index (χ0v) is 21.1. The van der Waals surface area contributed by atoms with Crippen LogP contribution in [0.2, 0.25) is 0 Å². The van der Waals surface area contributed by atoms with Crippen LogP contribution in [-0.4, -0.2) is 29.5 Å². The molecular formula is C31H32N2O5. The highest BCUT2D eigenvalue weighted by Crippen LogP contribution is 2.35. The molecule has 4 atom stereocenters. The minimum Gasteiger partial charge on any atom is -0.399 e. The van der Waals surface area contributed by atoms with Gasteiger partial charge in [0.1, 0.15) is 18.3 Å². The van der Waals surface area contributed by atoms with Crippen LogP contribution in [0, 0.1) is 0 Å². The van der Waals surface area contributed by atoms with Gasteiger partial charge < -0.3 is 24.7 Å². The van der Waals surface area contributed by atoms with Gasteiger partial charge in [0.25, 0.3) is 5.56 Å². The first-order valence-corrected chi connectivity index (χ1v) is 12.7. The van der Waals surface area contributed by atoms with Gasteiger partial charge in [-0.3, -0.25) is 9.36 Å². The van der Waals surface area contributed by atoms with E-state index in [0.29, 0.717) is 25.5 Å². The van der Waals surface area contributed by atoms with Crippen LogP contribution in [-0.2, 0) is 38.8 Å². The maximum absolute atomic E-state index is 12.9. The Balaban J connectivity index is 1.40. The van der Waals surface area contributed by atoms with E-state index in [0.717, 1.165) is 16.7 Å². The van der Waals surface area contributed by atoms with Crippen molar-refractivity contribution in [1.82, 2.24) is 4.57 Å². The highest BCUT2D eigenvalue weighted by Gasteiger charge is 2.47. The second kappa shape index (κ2) is 12.7. The summed E-state index contributed by atoms with van der Waals surface area (Å²) in [7, 11) is 0. The molecule has 2 heterocycles. The Morgan fingerprint density at radius 1 is 0.711 bits per heavy atom. The first-order chi connectivity index (χ1) is 18.7. The third kappa shape index (κ3) is 6.57. The van der Waals surface area contributed by atoms with E-state index in [1.54, 1.807) is 12.3 Å². The molecule has 1 aliphatic heterocycles. The van der Waals surface area contributed by atoms with E-state index in [1.807, 2.05) is 91.0 Å². The van der Waals surface area contributed by atoms with E-state index < -0.39 is 24.5 Å². The van der Waals surface area contributed by atoms with Crippen molar-refractivity contribution in [3.05, 3.63) is 136 Å². The number of pyridine rings is 1. The van der Waals surface area contributed by atoms with Gasteiger partial charge in [-0.1, -0.05) is 91.0 Å². The van der Waals surface area contributed by atoms with Crippen LogP contribution < -0.4 is 11.3 Å². The van der Waals surface area contributed by atoms with E-state index in [-0.39, 0.29) is 12.2 Å². The number of benzene rings is 3. The lowest BCUT2D eigenvalue weighted by Gasteiger charge is -2.26. The fourth-order valence-corrected chi connectivity index (χ4v) is 4.56. The molecule has 38 heavy (non-hydrogen) atoms. The van der Waals surface area contributed by atoms with Crippen molar-refractivity contribution in [3.8, 4) is 0 Å². The lowest BCUT2D eigenvalue weighted by molar-refractivity contribution is -0.0920. The first kappa shape index (κ1) is 25.9. The largest absolute Gasteiger partial charge is 0.399 e. The molecule has 1 fully saturated rings. The normalized spacial score (nSPS) is 20.9. The predicted octanol–water partition coefficient (Wildman–Crippen LogP) is 4.72. The van der Waals surface area contributed by atoms with Crippen LogP contribution in [0.4, 0.5) is 5.69 Å². The van der Waals surface area contributed by atoms with E-state index in [4.69, 9.17) is 24.7 Å². The quantitative estimate of drug-likeness (QED) is 0.313. The minimum absolute atomic E-state index is 0.268. The van der Waals surface area contributed by atoms with Gasteiger partial charge in [-0.2, -0.15) is 0 Å². The second-order valence-electron chi connectivity index (χ2n) is 9.29. The molecular weight excluding hydrogens is 480 g/mol. The highest BCUT2D eigenvalue weighted by molar-refractivity contribution is 5.34. The number of nitrogens with two attached hydrogens (primary N) is 1. The first-order valence-electron chi connectivity index (χ1n) is 12.7. The molecule has 7 heteroatoms. The summed E-state index contributed by atoms with van der Waals surface area (Å²) in [5.41, 5.74) is 9.09. The molecule has 0 saturated carbocycles. The molecule has 0 amide bonds. The van der Waals surface area contributed by atoms with Gasteiger partial charge in [0.2, 0.25) is 0 Å². The molecule has 3 aromatic carbocycles. The van der Waals surface area contributed by atoms with Gasteiger partial charge in [-0.15, -0.1) is 0 Å². The van der Waals surface area contributed by atoms with Crippen molar-refractivity contribution in [2.24, 2.45) is 0 Å². The summed E-state index contributed by atoms with van der Waals surface area (Å²) >= 11 is 0. The smallest absolute Gasteiger partial charge is 0.254 e. The van der Waals surface area contributed by atoms with Crippen LogP contribution in [0.5, 0.6) is 0 Å². The number of nitrogen functional groups attached to an aromatic ring is 1.